The third kappa shape index (κ3) is 4.49. The molecular formula is C20H21N3O3. The van der Waals surface area contributed by atoms with E-state index in [1.807, 2.05) is 54.6 Å². The molecule has 26 heavy (non-hydrogen) atoms. The summed E-state index contributed by atoms with van der Waals surface area (Å²) >= 11 is 0. The van der Waals surface area contributed by atoms with Crippen LogP contribution < -0.4 is 10.1 Å². The lowest BCUT2D eigenvalue weighted by Gasteiger charge is -2.09. The molecule has 0 radical (unpaired) electrons. The Morgan fingerprint density at radius 3 is 2.77 bits per heavy atom. The van der Waals surface area contributed by atoms with Crippen LogP contribution in [0.1, 0.15) is 15.9 Å². The molecule has 0 saturated carbocycles. The number of carbonyl (C=O) groups is 1. The van der Waals surface area contributed by atoms with Gasteiger partial charge in [0.1, 0.15) is 12.4 Å². The minimum absolute atomic E-state index is 0.177. The maximum Gasteiger partial charge on any atom is 0.255 e. The first-order chi connectivity index (χ1) is 12.8. The number of amides is 1. The van der Waals surface area contributed by atoms with Gasteiger partial charge in [0.15, 0.2) is 0 Å². The van der Waals surface area contributed by atoms with E-state index in [-0.39, 0.29) is 5.91 Å². The summed E-state index contributed by atoms with van der Waals surface area (Å²) in [6.45, 7) is 1.42. The summed E-state index contributed by atoms with van der Waals surface area (Å²) in [6.07, 6.45) is 1.54. The van der Waals surface area contributed by atoms with E-state index < -0.39 is 0 Å². The highest BCUT2D eigenvalue weighted by molar-refractivity contribution is 5.99. The van der Waals surface area contributed by atoms with Gasteiger partial charge in [-0.25, -0.2) is 0 Å². The van der Waals surface area contributed by atoms with E-state index in [2.05, 4.69) is 15.5 Å². The molecule has 134 valence electrons. The fourth-order valence-electron chi connectivity index (χ4n) is 2.55. The van der Waals surface area contributed by atoms with Crippen LogP contribution in [0, 0.1) is 0 Å². The third-order valence-electron chi connectivity index (χ3n) is 3.85. The zero-order valence-electron chi connectivity index (χ0n) is 14.6. The number of carbonyl (C=O) groups excluding carboxylic acids is 1. The fourth-order valence-corrected chi connectivity index (χ4v) is 2.55. The van der Waals surface area contributed by atoms with E-state index in [0.717, 1.165) is 16.9 Å². The smallest absolute Gasteiger partial charge is 0.255 e. The van der Waals surface area contributed by atoms with Gasteiger partial charge in [0.25, 0.3) is 5.91 Å². The van der Waals surface area contributed by atoms with Crippen molar-refractivity contribution in [1.82, 2.24) is 15.5 Å². The monoisotopic (exact) mass is 351 g/mol. The predicted octanol–water partition coefficient (Wildman–Crippen LogP) is 3.03. The summed E-state index contributed by atoms with van der Waals surface area (Å²) in [6, 6.07) is 17.3. The Labute approximate surface area is 152 Å². The van der Waals surface area contributed by atoms with E-state index in [4.69, 9.17) is 9.47 Å². The molecule has 0 aliphatic carbocycles. The molecule has 6 nitrogen and oxygen atoms in total. The number of hydrogen-bond donors (Lipinski definition) is 2. The lowest BCUT2D eigenvalue weighted by molar-refractivity contribution is 0.0951. The minimum Gasteiger partial charge on any atom is -0.491 e. The van der Waals surface area contributed by atoms with E-state index in [9.17, 15) is 4.79 Å². The van der Waals surface area contributed by atoms with Crippen molar-refractivity contribution in [3.63, 3.8) is 0 Å². The summed E-state index contributed by atoms with van der Waals surface area (Å²) in [5, 5.41) is 9.84. The van der Waals surface area contributed by atoms with Crippen LogP contribution in [0.5, 0.6) is 5.75 Å². The molecule has 0 spiro atoms. The van der Waals surface area contributed by atoms with Crippen molar-refractivity contribution in [2.24, 2.45) is 0 Å². The van der Waals surface area contributed by atoms with Gasteiger partial charge < -0.3 is 14.8 Å². The largest absolute Gasteiger partial charge is 0.491 e. The third-order valence-corrected chi connectivity index (χ3v) is 3.85. The molecule has 6 heteroatoms. The predicted molar refractivity (Wildman–Crippen MR) is 99.0 cm³/mol. The molecule has 2 N–H and O–H groups in total. The van der Waals surface area contributed by atoms with Crippen molar-refractivity contribution in [3.8, 4) is 17.0 Å². The molecular weight excluding hydrogens is 330 g/mol. The van der Waals surface area contributed by atoms with Crippen molar-refractivity contribution in [2.75, 3.05) is 20.3 Å². The summed E-state index contributed by atoms with van der Waals surface area (Å²) in [7, 11) is 1.63. The maximum absolute atomic E-state index is 12.6. The average Bonchev–Trinajstić information content (AvgIpc) is 3.17. The lowest BCUT2D eigenvalue weighted by Crippen LogP contribution is -2.23. The fraction of sp³-hybridized carbons (Fsp3) is 0.200. The quantitative estimate of drug-likeness (QED) is 0.612. The van der Waals surface area contributed by atoms with Crippen molar-refractivity contribution in [3.05, 3.63) is 71.9 Å². The Morgan fingerprint density at radius 1 is 1.12 bits per heavy atom. The van der Waals surface area contributed by atoms with Gasteiger partial charge in [-0.15, -0.1) is 0 Å². The number of benzene rings is 2. The molecule has 1 aromatic heterocycles. The van der Waals surface area contributed by atoms with Crippen LogP contribution in [0.15, 0.2) is 60.8 Å². The molecule has 0 fully saturated rings. The normalized spacial score (nSPS) is 10.5. The molecule has 0 aliphatic rings. The molecule has 0 aliphatic heterocycles. The number of nitrogens with zero attached hydrogens (tertiary/aromatic N) is 1. The second-order valence-corrected chi connectivity index (χ2v) is 5.70. The van der Waals surface area contributed by atoms with E-state index in [0.29, 0.717) is 31.0 Å². The Morgan fingerprint density at radius 2 is 1.96 bits per heavy atom. The van der Waals surface area contributed by atoms with Crippen LogP contribution in [-0.2, 0) is 11.3 Å². The van der Waals surface area contributed by atoms with Crippen LogP contribution in [0.3, 0.4) is 0 Å². The first-order valence-electron chi connectivity index (χ1n) is 8.35. The van der Waals surface area contributed by atoms with Crippen molar-refractivity contribution in [2.45, 2.75) is 6.54 Å². The average molecular weight is 351 g/mol. The SMILES string of the molecule is COCCOc1cccc(CNC(=O)c2cn[nH]c2-c2ccccc2)c1. The number of aromatic nitrogens is 2. The molecule has 0 saturated heterocycles. The number of ether oxygens (including phenoxy) is 2. The van der Waals surface area contributed by atoms with Gasteiger partial charge in [-0.05, 0) is 17.7 Å². The number of aromatic amines is 1. The summed E-state index contributed by atoms with van der Waals surface area (Å²) in [5.41, 5.74) is 3.10. The minimum atomic E-state index is -0.177. The maximum atomic E-state index is 12.6. The number of methoxy groups -OCH3 is 1. The molecule has 3 rings (SSSR count). The van der Waals surface area contributed by atoms with Crippen molar-refractivity contribution in [1.29, 1.82) is 0 Å². The van der Waals surface area contributed by atoms with Gasteiger partial charge in [-0.1, -0.05) is 42.5 Å². The lowest BCUT2D eigenvalue weighted by atomic mass is 10.1. The van der Waals surface area contributed by atoms with Crippen molar-refractivity contribution >= 4 is 5.91 Å². The van der Waals surface area contributed by atoms with Gasteiger partial charge in [-0.2, -0.15) is 5.10 Å². The Kier molecular flexibility index (Phi) is 6.01. The van der Waals surface area contributed by atoms with Gasteiger partial charge >= 0.3 is 0 Å². The van der Waals surface area contributed by atoms with Gasteiger partial charge in [-0.3, -0.25) is 9.89 Å². The Balaban J connectivity index is 1.63. The van der Waals surface area contributed by atoms with E-state index in [1.54, 1.807) is 13.3 Å². The van der Waals surface area contributed by atoms with Crippen LogP contribution >= 0.6 is 0 Å². The standard InChI is InChI=1S/C20H21N3O3/c1-25-10-11-26-17-9-5-6-15(12-17)13-21-20(24)18-14-22-23-19(18)16-7-3-2-4-8-16/h2-9,12,14H,10-11,13H2,1H3,(H,21,24)(H,22,23). The van der Waals surface area contributed by atoms with Crippen LogP contribution in [0.25, 0.3) is 11.3 Å². The summed E-state index contributed by atoms with van der Waals surface area (Å²) in [4.78, 5) is 12.6. The topological polar surface area (TPSA) is 76.2 Å². The van der Waals surface area contributed by atoms with Gasteiger partial charge in [0.05, 0.1) is 24.1 Å². The van der Waals surface area contributed by atoms with E-state index in [1.165, 1.54) is 0 Å². The molecule has 0 unspecified atom stereocenters. The van der Waals surface area contributed by atoms with Gasteiger partial charge in [0, 0.05) is 19.2 Å². The number of H-pyrrole nitrogens is 1. The summed E-state index contributed by atoms with van der Waals surface area (Å²) in [5.74, 6) is 0.574. The number of hydrogen-bond acceptors (Lipinski definition) is 4. The first-order valence-corrected chi connectivity index (χ1v) is 8.35. The Hall–Kier alpha value is -3.12. The van der Waals surface area contributed by atoms with Gasteiger partial charge in [0.2, 0.25) is 0 Å². The van der Waals surface area contributed by atoms with E-state index >= 15 is 0 Å². The van der Waals surface area contributed by atoms with Crippen LogP contribution in [0.2, 0.25) is 0 Å². The molecule has 3 aromatic rings. The zero-order valence-corrected chi connectivity index (χ0v) is 14.6. The first kappa shape index (κ1) is 17.7. The molecule has 2 aromatic carbocycles. The summed E-state index contributed by atoms with van der Waals surface area (Å²) < 4.78 is 10.6. The number of nitrogens with one attached hydrogen (secondary N) is 2. The highest BCUT2D eigenvalue weighted by Crippen LogP contribution is 2.20. The number of rotatable bonds is 8. The Bertz CT molecular complexity index is 846. The molecule has 1 amide bonds. The molecule has 1 heterocycles. The zero-order chi connectivity index (χ0) is 18.2. The highest BCUT2D eigenvalue weighted by atomic mass is 16.5. The highest BCUT2D eigenvalue weighted by Gasteiger charge is 2.14. The van der Waals surface area contributed by atoms with Crippen molar-refractivity contribution < 1.29 is 14.3 Å². The molecule has 0 atom stereocenters. The second-order valence-electron chi connectivity index (χ2n) is 5.70. The second kappa shape index (κ2) is 8.82. The molecule has 0 bridgehead atoms. The van der Waals surface area contributed by atoms with Crippen LogP contribution in [0.4, 0.5) is 0 Å². The van der Waals surface area contributed by atoms with Crippen LogP contribution in [-0.4, -0.2) is 36.4 Å².